The summed E-state index contributed by atoms with van der Waals surface area (Å²) in [7, 11) is 0. The highest BCUT2D eigenvalue weighted by atomic mass is 16.5. The number of ether oxygens (including phenoxy) is 2. The van der Waals surface area contributed by atoms with E-state index >= 15 is 0 Å². The number of hydrogen-bond acceptors (Lipinski definition) is 4. The third-order valence-corrected chi connectivity index (χ3v) is 5.88. The van der Waals surface area contributed by atoms with Crippen LogP contribution in [0.4, 0.5) is 0 Å². The zero-order chi connectivity index (χ0) is 25.1. The van der Waals surface area contributed by atoms with Crippen molar-refractivity contribution in [3.8, 4) is 11.5 Å². The van der Waals surface area contributed by atoms with Crippen molar-refractivity contribution in [2.45, 2.75) is 79.4 Å². The minimum atomic E-state index is -0.567. The van der Waals surface area contributed by atoms with E-state index in [1.165, 1.54) is 0 Å². The first-order chi connectivity index (χ1) is 16.3. The van der Waals surface area contributed by atoms with Crippen LogP contribution in [0.25, 0.3) is 0 Å². The Kier molecular flexibility index (Phi) is 10.9. The van der Waals surface area contributed by atoms with Gasteiger partial charge in [0.15, 0.2) is 11.5 Å². The zero-order valence-corrected chi connectivity index (χ0v) is 21.5. The summed E-state index contributed by atoms with van der Waals surface area (Å²) in [6, 6.07) is 13.4. The lowest BCUT2D eigenvalue weighted by Gasteiger charge is -2.30. The average Bonchev–Trinajstić information content (AvgIpc) is 2.83. The van der Waals surface area contributed by atoms with Crippen LogP contribution in [0.1, 0.15) is 64.2 Å². The molecule has 0 saturated carbocycles. The van der Waals surface area contributed by atoms with Crippen molar-refractivity contribution in [3.05, 3.63) is 59.2 Å². The molecule has 0 aliphatic heterocycles. The molecule has 0 heterocycles. The second-order valence-corrected chi connectivity index (χ2v) is 8.65. The van der Waals surface area contributed by atoms with Crippen LogP contribution in [0.5, 0.6) is 11.5 Å². The van der Waals surface area contributed by atoms with E-state index in [2.05, 4.69) is 5.32 Å². The molecule has 2 aromatic carbocycles. The summed E-state index contributed by atoms with van der Waals surface area (Å²) in [5.41, 5.74) is 3.15. The number of aryl methyl sites for hydroxylation is 2. The quantitative estimate of drug-likeness (QED) is 0.446. The molecular formula is C28H40N2O4. The predicted octanol–water partition coefficient (Wildman–Crippen LogP) is 5.06. The fourth-order valence-corrected chi connectivity index (χ4v) is 3.58. The van der Waals surface area contributed by atoms with E-state index in [-0.39, 0.29) is 17.9 Å². The van der Waals surface area contributed by atoms with E-state index < -0.39 is 6.04 Å². The maximum absolute atomic E-state index is 13.4. The van der Waals surface area contributed by atoms with E-state index in [1.54, 1.807) is 11.8 Å². The molecule has 2 rings (SSSR count). The van der Waals surface area contributed by atoms with Crippen molar-refractivity contribution < 1.29 is 19.1 Å². The Morgan fingerprint density at radius 2 is 1.53 bits per heavy atom. The van der Waals surface area contributed by atoms with Crippen LogP contribution in [0.2, 0.25) is 0 Å². The maximum Gasteiger partial charge on any atom is 0.242 e. The molecule has 2 amide bonds. The van der Waals surface area contributed by atoms with Crippen molar-refractivity contribution >= 4 is 11.8 Å². The molecule has 0 unspecified atom stereocenters. The van der Waals surface area contributed by atoms with E-state index in [0.29, 0.717) is 44.1 Å². The van der Waals surface area contributed by atoms with Gasteiger partial charge in [-0.05, 0) is 70.7 Å². The van der Waals surface area contributed by atoms with Crippen LogP contribution in [0, 0.1) is 6.92 Å². The molecule has 0 aromatic heterocycles. The molecule has 0 saturated heterocycles. The standard InChI is InChI=1S/C28H40N2O4/c1-7-21(5)29-28(32)22(6)30(19-24-12-10-20(4)11-13-24)27(31)17-15-23-14-16-25(33-8-2)26(18-23)34-9-3/h10-14,16,18,21-22H,7-9,15,17,19H2,1-6H3,(H,29,32)/t21-,22+/m0/s1. The predicted molar refractivity (Wildman–Crippen MR) is 136 cm³/mol. The van der Waals surface area contributed by atoms with E-state index in [1.807, 2.05) is 77.1 Å². The Morgan fingerprint density at radius 1 is 0.912 bits per heavy atom. The molecule has 0 spiro atoms. The van der Waals surface area contributed by atoms with E-state index in [0.717, 1.165) is 23.1 Å². The van der Waals surface area contributed by atoms with Gasteiger partial charge in [-0.15, -0.1) is 0 Å². The highest BCUT2D eigenvalue weighted by Gasteiger charge is 2.26. The number of rotatable bonds is 13. The summed E-state index contributed by atoms with van der Waals surface area (Å²) in [6.07, 6.45) is 1.69. The first kappa shape index (κ1) is 27.2. The summed E-state index contributed by atoms with van der Waals surface area (Å²) in [5.74, 6) is 1.21. The molecule has 0 aliphatic rings. The first-order valence-corrected chi connectivity index (χ1v) is 12.3. The zero-order valence-electron chi connectivity index (χ0n) is 21.5. The molecule has 0 fully saturated rings. The number of hydrogen-bond donors (Lipinski definition) is 1. The van der Waals surface area contributed by atoms with Gasteiger partial charge in [0.2, 0.25) is 11.8 Å². The Balaban J connectivity index is 2.17. The van der Waals surface area contributed by atoms with Gasteiger partial charge in [-0.25, -0.2) is 0 Å². The molecule has 6 heteroatoms. The van der Waals surface area contributed by atoms with Gasteiger partial charge in [0.1, 0.15) is 6.04 Å². The molecule has 2 aromatic rings. The fourth-order valence-electron chi connectivity index (χ4n) is 3.58. The van der Waals surface area contributed by atoms with Gasteiger partial charge < -0.3 is 19.7 Å². The molecule has 34 heavy (non-hydrogen) atoms. The highest BCUT2D eigenvalue weighted by Crippen LogP contribution is 2.29. The first-order valence-electron chi connectivity index (χ1n) is 12.3. The Bertz CT molecular complexity index is 927. The monoisotopic (exact) mass is 468 g/mol. The summed E-state index contributed by atoms with van der Waals surface area (Å²) in [4.78, 5) is 27.9. The van der Waals surface area contributed by atoms with Gasteiger partial charge in [0.25, 0.3) is 0 Å². The Morgan fingerprint density at radius 3 is 2.15 bits per heavy atom. The second-order valence-electron chi connectivity index (χ2n) is 8.65. The number of amides is 2. The van der Waals surface area contributed by atoms with Crippen molar-refractivity contribution in [2.75, 3.05) is 13.2 Å². The van der Waals surface area contributed by atoms with Gasteiger partial charge in [0, 0.05) is 19.0 Å². The Hall–Kier alpha value is -3.02. The Labute approximate surface area is 204 Å². The molecule has 6 nitrogen and oxygen atoms in total. The van der Waals surface area contributed by atoms with Crippen LogP contribution in [0.3, 0.4) is 0 Å². The number of benzene rings is 2. The number of nitrogens with zero attached hydrogens (tertiary/aromatic N) is 1. The van der Waals surface area contributed by atoms with Crippen LogP contribution in [0.15, 0.2) is 42.5 Å². The normalized spacial score (nSPS) is 12.5. The minimum absolute atomic E-state index is 0.0563. The topological polar surface area (TPSA) is 67.9 Å². The van der Waals surface area contributed by atoms with Crippen LogP contribution in [-0.4, -0.2) is 42.0 Å². The largest absolute Gasteiger partial charge is 0.490 e. The summed E-state index contributed by atoms with van der Waals surface area (Å²) in [6.45, 7) is 13.2. The molecule has 186 valence electrons. The van der Waals surface area contributed by atoms with Crippen molar-refractivity contribution in [1.82, 2.24) is 10.2 Å². The van der Waals surface area contributed by atoms with Crippen molar-refractivity contribution in [2.24, 2.45) is 0 Å². The third-order valence-electron chi connectivity index (χ3n) is 5.88. The molecule has 0 radical (unpaired) electrons. The number of nitrogens with one attached hydrogen (secondary N) is 1. The molecular weight excluding hydrogens is 428 g/mol. The van der Waals surface area contributed by atoms with E-state index in [4.69, 9.17) is 9.47 Å². The van der Waals surface area contributed by atoms with Crippen molar-refractivity contribution in [1.29, 1.82) is 0 Å². The van der Waals surface area contributed by atoms with Crippen LogP contribution >= 0.6 is 0 Å². The van der Waals surface area contributed by atoms with Gasteiger partial charge in [-0.1, -0.05) is 42.8 Å². The molecule has 1 N–H and O–H groups in total. The fraction of sp³-hybridized carbons (Fsp3) is 0.500. The van der Waals surface area contributed by atoms with E-state index in [9.17, 15) is 9.59 Å². The molecule has 2 atom stereocenters. The van der Waals surface area contributed by atoms with Crippen LogP contribution in [-0.2, 0) is 22.6 Å². The van der Waals surface area contributed by atoms with Gasteiger partial charge in [-0.3, -0.25) is 9.59 Å². The maximum atomic E-state index is 13.4. The molecule has 0 aliphatic carbocycles. The lowest BCUT2D eigenvalue weighted by molar-refractivity contribution is -0.140. The molecule has 0 bridgehead atoms. The third kappa shape index (κ3) is 8.08. The smallest absolute Gasteiger partial charge is 0.242 e. The summed E-state index contributed by atoms with van der Waals surface area (Å²) < 4.78 is 11.4. The summed E-state index contributed by atoms with van der Waals surface area (Å²) >= 11 is 0. The second kappa shape index (κ2) is 13.6. The SMILES string of the molecule is CCOc1ccc(CCC(=O)N(Cc2ccc(C)cc2)[C@H](C)C(=O)N[C@@H](C)CC)cc1OCC. The number of carbonyl (C=O) groups excluding carboxylic acids is 2. The average molecular weight is 469 g/mol. The number of carbonyl (C=O) groups is 2. The van der Waals surface area contributed by atoms with Crippen molar-refractivity contribution in [3.63, 3.8) is 0 Å². The van der Waals surface area contributed by atoms with Crippen LogP contribution < -0.4 is 14.8 Å². The lowest BCUT2D eigenvalue weighted by Crippen LogP contribution is -2.49. The lowest BCUT2D eigenvalue weighted by atomic mass is 10.1. The van der Waals surface area contributed by atoms with Gasteiger partial charge in [0.05, 0.1) is 13.2 Å². The highest BCUT2D eigenvalue weighted by molar-refractivity contribution is 5.87. The van der Waals surface area contributed by atoms with Gasteiger partial charge >= 0.3 is 0 Å². The minimum Gasteiger partial charge on any atom is -0.490 e. The summed E-state index contributed by atoms with van der Waals surface area (Å²) in [5, 5.41) is 3.01. The van der Waals surface area contributed by atoms with Gasteiger partial charge in [-0.2, -0.15) is 0 Å².